The summed E-state index contributed by atoms with van der Waals surface area (Å²) >= 11 is 0. The number of esters is 1. The monoisotopic (exact) mass is 235 g/mol. The summed E-state index contributed by atoms with van der Waals surface area (Å²) in [5.41, 5.74) is 1.93. The van der Waals surface area contributed by atoms with Crippen LogP contribution in [0.2, 0.25) is 0 Å². The van der Waals surface area contributed by atoms with Crippen LogP contribution in [0.15, 0.2) is 18.2 Å². The number of aryl methyl sites for hydroxylation is 1. The normalized spacial score (nSPS) is 12.6. The Balaban J connectivity index is 2.33. The Bertz CT molecular complexity index is 550. The molecule has 0 aliphatic carbocycles. The second kappa shape index (κ2) is 4.50. The lowest BCUT2D eigenvalue weighted by Crippen LogP contribution is -2.15. The number of rotatable bonds is 3. The molecule has 17 heavy (non-hydrogen) atoms. The van der Waals surface area contributed by atoms with E-state index in [1.165, 1.54) is 0 Å². The minimum atomic E-state index is -1.28. The Labute approximate surface area is 97.8 Å². The van der Waals surface area contributed by atoms with E-state index in [1.807, 2.05) is 0 Å². The van der Waals surface area contributed by atoms with Crippen molar-refractivity contribution in [2.75, 3.05) is 6.61 Å². The van der Waals surface area contributed by atoms with E-state index < -0.39 is 12.1 Å². The topological polar surface area (TPSA) is 77.2 Å². The molecule has 0 bridgehead atoms. The van der Waals surface area contributed by atoms with Crippen LogP contribution in [0.3, 0.4) is 0 Å². The molecule has 2 rings (SSSR count). The molecule has 0 saturated heterocycles. The van der Waals surface area contributed by atoms with Crippen LogP contribution in [-0.4, -0.2) is 32.7 Å². The van der Waals surface area contributed by atoms with Gasteiger partial charge in [-0.15, -0.1) is 5.10 Å². The number of nitrogens with zero attached hydrogens (tertiary/aromatic N) is 3. The Hall–Kier alpha value is -1.95. The van der Waals surface area contributed by atoms with Crippen molar-refractivity contribution in [2.45, 2.75) is 13.0 Å². The summed E-state index contributed by atoms with van der Waals surface area (Å²) in [6.07, 6.45) is -1.28. The Kier molecular flexibility index (Phi) is 3.06. The lowest BCUT2D eigenvalue weighted by Gasteiger charge is -2.09. The first-order valence-electron chi connectivity index (χ1n) is 5.27. The molecule has 0 aliphatic heterocycles. The third kappa shape index (κ3) is 2.12. The van der Waals surface area contributed by atoms with Crippen molar-refractivity contribution in [3.8, 4) is 0 Å². The summed E-state index contributed by atoms with van der Waals surface area (Å²) in [6, 6.07) is 5.05. The van der Waals surface area contributed by atoms with Gasteiger partial charge in [0.1, 0.15) is 5.52 Å². The number of ether oxygens (including phenoxy) is 1. The molecule has 0 fully saturated rings. The number of aliphatic hydroxyl groups excluding tert-OH is 1. The summed E-state index contributed by atoms with van der Waals surface area (Å²) < 4.78 is 6.37. The van der Waals surface area contributed by atoms with Gasteiger partial charge >= 0.3 is 5.97 Å². The van der Waals surface area contributed by atoms with Crippen LogP contribution in [0.1, 0.15) is 18.6 Å². The van der Waals surface area contributed by atoms with Gasteiger partial charge in [0.25, 0.3) is 0 Å². The van der Waals surface area contributed by atoms with Gasteiger partial charge in [0.05, 0.1) is 12.1 Å². The number of carbonyl (C=O) groups is 1. The number of aromatic nitrogens is 3. The van der Waals surface area contributed by atoms with Crippen molar-refractivity contribution in [3.05, 3.63) is 23.8 Å². The van der Waals surface area contributed by atoms with Crippen LogP contribution in [-0.2, 0) is 16.6 Å². The van der Waals surface area contributed by atoms with Crippen molar-refractivity contribution in [3.63, 3.8) is 0 Å². The van der Waals surface area contributed by atoms with Crippen LogP contribution >= 0.6 is 0 Å². The van der Waals surface area contributed by atoms with Gasteiger partial charge in [0.2, 0.25) is 0 Å². The molecule has 1 N–H and O–H groups in total. The molecule has 6 heteroatoms. The van der Waals surface area contributed by atoms with Crippen LogP contribution in [0.4, 0.5) is 0 Å². The lowest BCUT2D eigenvalue weighted by molar-refractivity contribution is -0.153. The molecule has 1 aromatic heterocycles. The predicted molar refractivity (Wildman–Crippen MR) is 60.1 cm³/mol. The molecule has 2 aromatic rings. The summed E-state index contributed by atoms with van der Waals surface area (Å²) in [7, 11) is 1.77. The molecule has 0 amide bonds. The van der Waals surface area contributed by atoms with Gasteiger partial charge in [-0.05, 0) is 24.6 Å². The zero-order valence-electron chi connectivity index (χ0n) is 9.62. The van der Waals surface area contributed by atoms with E-state index in [2.05, 4.69) is 10.3 Å². The van der Waals surface area contributed by atoms with E-state index in [-0.39, 0.29) is 6.61 Å². The van der Waals surface area contributed by atoms with Crippen molar-refractivity contribution in [1.29, 1.82) is 0 Å². The van der Waals surface area contributed by atoms with E-state index in [9.17, 15) is 9.90 Å². The van der Waals surface area contributed by atoms with Crippen LogP contribution < -0.4 is 0 Å². The first-order chi connectivity index (χ1) is 8.13. The molecule has 0 aliphatic rings. The van der Waals surface area contributed by atoms with Crippen LogP contribution in [0.5, 0.6) is 0 Å². The van der Waals surface area contributed by atoms with Gasteiger partial charge in [0.15, 0.2) is 6.10 Å². The van der Waals surface area contributed by atoms with Gasteiger partial charge in [-0.1, -0.05) is 11.3 Å². The quantitative estimate of drug-likeness (QED) is 0.787. The smallest absolute Gasteiger partial charge is 0.339 e. The fourth-order valence-corrected chi connectivity index (χ4v) is 1.59. The second-order valence-electron chi connectivity index (χ2n) is 3.62. The Morgan fingerprint density at radius 3 is 3.06 bits per heavy atom. The first kappa shape index (κ1) is 11.5. The largest absolute Gasteiger partial charge is 0.464 e. The highest BCUT2D eigenvalue weighted by molar-refractivity contribution is 5.80. The summed E-state index contributed by atoms with van der Waals surface area (Å²) in [6.45, 7) is 1.93. The molecule has 6 nitrogen and oxygen atoms in total. The van der Waals surface area contributed by atoms with Gasteiger partial charge in [-0.3, -0.25) is 0 Å². The number of carbonyl (C=O) groups excluding carboxylic acids is 1. The van der Waals surface area contributed by atoms with Gasteiger partial charge in [0, 0.05) is 7.05 Å². The maximum absolute atomic E-state index is 11.4. The van der Waals surface area contributed by atoms with Crippen molar-refractivity contribution in [1.82, 2.24) is 15.0 Å². The standard InChI is InChI=1S/C11H13N3O3/c1-3-17-11(16)10(15)7-4-5-9-8(6-7)12-13-14(9)2/h4-6,10,15H,3H2,1-2H3. The average Bonchev–Trinajstić information content (AvgIpc) is 2.70. The van der Waals surface area contributed by atoms with E-state index >= 15 is 0 Å². The maximum Gasteiger partial charge on any atom is 0.339 e. The minimum absolute atomic E-state index is 0.239. The minimum Gasteiger partial charge on any atom is -0.464 e. The number of aliphatic hydroxyl groups is 1. The Morgan fingerprint density at radius 2 is 2.35 bits per heavy atom. The highest BCUT2D eigenvalue weighted by atomic mass is 16.5. The number of hydrogen-bond donors (Lipinski definition) is 1. The molecule has 1 heterocycles. The predicted octanol–water partition coefficient (Wildman–Crippen LogP) is 0.565. The number of benzene rings is 1. The van der Waals surface area contributed by atoms with Gasteiger partial charge in [-0.25, -0.2) is 9.48 Å². The molecule has 90 valence electrons. The zero-order valence-corrected chi connectivity index (χ0v) is 9.62. The Morgan fingerprint density at radius 1 is 1.59 bits per heavy atom. The van der Waals surface area contributed by atoms with E-state index in [4.69, 9.17) is 4.74 Å². The van der Waals surface area contributed by atoms with Crippen molar-refractivity contribution < 1.29 is 14.6 Å². The maximum atomic E-state index is 11.4. The van der Waals surface area contributed by atoms with E-state index in [0.717, 1.165) is 5.52 Å². The summed E-state index contributed by atoms with van der Waals surface area (Å²) in [5, 5.41) is 17.5. The SMILES string of the molecule is CCOC(=O)C(O)c1ccc2c(c1)nnn2C. The first-order valence-corrected chi connectivity index (χ1v) is 5.27. The molecular weight excluding hydrogens is 222 g/mol. The fourth-order valence-electron chi connectivity index (χ4n) is 1.59. The van der Waals surface area contributed by atoms with Crippen LogP contribution in [0.25, 0.3) is 11.0 Å². The molecule has 1 atom stereocenters. The van der Waals surface area contributed by atoms with Crippen molar-refractivity contribution >= 4 is 17.0 Å². The highest BCUT2D eigenvalue weighted by Crippen LogP contribution is 2.19. The third-order valence-electron chi connectivity index (χ3n) is 2.46. The zero-order chi connectivity index (χ0) is 12.4. The van der Waals surface area contributed by atoms with Crippen LogP contribution in [0, 0.1) is 0 Å². The van der Waals surface area contributed by atoms with E-state index in [1.54, 1.807) is 36.9 Å². The van der Waals surface area contributed by atoms with Gasteiger partial charge in [-0.2, -0.15) is 0 Å². The lowest BCUT2D eigenvalue weighted by atomic mass is 10.1. The molecule has 0 spiro atoms. The fraction of sp³-hybridized carbons (Fsp3) is 0.364. The number of hydrogen-bond acceptors (Lipinski definition) is 5. The summed E-state index contributed by atoms with van der Waals surface area (Å²) in [5.74, 6) is -0.657. The molecular formula is C11H13N3O3. The molecule has 0 radical (unpaired) electrons. The molecule has 1 aromatic carbocycles. The van der Waals surface area contributed by atoms with Crippen molar-refractivity contribution in [2.24, 2.45) is 7.05 Å². The van der Waals surface area contributed by atoms with Gasteiger partial charge < -0.3 is 9.84 Å². The summed E-state index contributed by atoms with van der Waals surface area (Å²) in [4.78, 5) is 11.4. The average molecular weight is 235 g/mol. The molecule has 1 unspecified atom stereocenters. The third-order valence-corrected chi connectivity index (χ3v) is 2.46. The second-order valence-corrected chi connectivity index (χ2v) is 3.62. The highest BCUT2D eigenvalue weighted by Gasteiger charge is 2.19. The molecule has 0 saturated carbocycles. The number of fused-ring (bicyclic) bond motifs is 1. The van der Waals surface area contributed by atoms with E-state index in [0.29, 0.717) is 11.1 Å².